The summed E-state index contributed by atoms with van der Waals surface area (Å²) in [5.74, 6) is -0.177. The fourth-order valence-corrected chi connectivity index (χ4v) is 2.43. The van der Waals surface area contributed by atoms with Gasteiger partial charge in [-0.05, 0) is 6.42 Å². The second-order valence-corrected chi connectivity index (χ2v) is 5.61. The van der Waals surface area contributed by atoms with E-state index in [4.69, 9.17) is 4.74 Å². The van der Waals surface area contributed by atoms with E-state index in [2.05, 4.69) is 11.7 Å². The number of methoxy groups -OCH3 is 2. The molecular formula is C17H34O3. The lowest BCUT2D eigenvalue weighted by atomic mass is 10.0. The average molecular weight is 286 g/mol. The second kappa shape index (κ2) is 14.8. The van der Waals surface area contributed by atoms with Crippen LogP contribution in [0.15, 0.2) is 0 Å². The first-order valence-corrected chi connectivity index (χ1v) is 8.34. The number of unbranched alkanes of at least 4 members (excludes halogenated alkanes) is 9. The van der Waals surface area contributed by atoms with Crippen LogP contribution in [-0.2, 0) is 14.3 Å². The van der Waals surface area contributed by atoms with Gasteiger partial charge >= 0.3 is 5.97 Å². The maximum Gasteiger partial charge on any atom is 0.308 e. The fraction of sp³-hybridized carbons (Fsp3) is 0.941. The third-order valence-corrected chi connectivity index (χ3v) is 3.83. The summed E-state index contributed by atoms with van der Waals surface area (Å²) in [6.07, 6.45) is 14.7. The summed E-state index contributed by atoms with van der Waals surface area (Å²) in [6, 6.07) is 0. The molecule has 0 radical (unpaired) electrons. The highest BCUT2D eigenvalue weighted by atomic mass is 16.5. The van der Waals surface area contributed by atoms with E-state index in [0.29, 0.717) is 6.42 Å². The maximum atomic E-state index is 11.2. The van der Waals surface area contributed by atoms with Crippen LogP contribution in [0.1, 0.15) is 84.0 Å². The van der Waals surface area contributed by atoms with Crippen molar-refractivity contribution in [3.05, 3.63) is 0 Å². The van der Waals surface area contributed by atoms with Gasteiger partial charge in [0, 0.05) is 7.11 Å². The van der Waals surface area contributed by atoms with Gasteiger partial charge < -0.3 is 9.47 Å². The molecule has 0 fully saturated rings. The first-order chi connectivity index (χ1) is 9.74. The van der Waals surface area contributed by atoms with Gasteiger partial charge in [0.1, 0.15) is 0 Å². The van der Waals surface area contributed by atoms with Crippen molar-refractivity contribution in [1.82, 2.24) is 0 Å². The van der Waals surface area contributed by atoms with Crippen LogP contribution in [0.5, 0.6) is 0 Å². The predicted octanol–water partition coefficient (Wildman–Crippen LogP) is 4.88. The molecule has 0 saturated heterocycles. The normalized spacial score (nSPS) is 12.3. The molecule has 0 aliphatic carbocycles. The molecule has 20 heavy (non-hydrogen) atoms. The van der Waals surface area contributed by atoms with Crippen LogP contribution < -0.4 is 0 Å². The summed E-state index contributed by atoms with van der Waals surface area (Å²) in [5, 5.41) is 0. The monoisotopic (exact) mass is 286 g/mol. The lowest BCUT2D eigenvalue weighted by molar-refractivity contribution is -0.143. The number of esters is 1. The topological polar surface area (TPSA) is 35.5 Å². The minimum absolute atomic E-state index is 0.0245. The lowest BCUT2D eigenvalue weighted by Crippen LogP contribution is -2.17. The van der Waals surface area contributed by atoms with Crippen molar-refractivity contribution in [3.8, 4) is 0 Å². The van der Waals surface area contributed by atoms with Crippen LogP contribution in [0.3, 0.4) is 0 Å². The Morgan fingerprint density at radius 1 is 0.850 bits per heavy atom. The van der Waals surface area contributed by atoms with E-state index in [1.165, 1.54) is 64.9 Å². The Kier molecular flexibility index (Phi) is 14.4. The quantitative estimate of drug-likeness (QED) is 0.337. The number of carbonyl (C=O) groups is 1. The van der Waals surface area contributed by atoms with Gasteiger partial charge in [0.2, 0.25) is 0 Å². The molecule has 0 aromatic heterocycles. The fourth-order valence-electron chi connectivity index (χ4n) is 2.43. The van der Waals surface area contributed by atoms with E-state index in [-0.39, 0.29) is 12.1 Å². The van der Waals surface area contributed by atoms with E-state index >= 15 is 0 Å². The summed E-state index contributed by atoms with van der Waals surface area (Å²) in [5.41, 5.74) is 0. The minimum Gasteiger partial charge on any atom is -0.469 e. The summed E-state index contributed by atoms with van der Waals surface area (Å²) in [6.45, 7) is 2.26. The second-order valence-electron chi connectivity index (χ2n) is 5.61. The first kappa shape index (κ1) is 19.4. The summed E-state index contributed by atoms with van der Waals surface area (Å²) in [7, 11) is 3.10. The first-order valence-electron chi connectivity index (χ1n) is 8.34. The van der Waals surface area contributed by atoms with Crippen LogP contribution in [0, 0.1) is 0 Å². The van der Waals surface area contributed by atoms with Gasteiger partial charge in [-0.1, -0.05) is 71.1 Å². The smallest absolute Gasteiger partial charge is 0.308 e. The van der Waals surface area contributed by atoms with Crippen molar-refractivity contribution in [1.29, 1.82) is 0 Å². The Bertz CT molecular complexity index is 216. The van der Waals surface area contributed by atoms with Crippen molar-refractivity contribution < 1.29 is 14.3 Å². The van der Waals surface area contributed by atoms with Gasteiger partial charge in [-0.15, -0.1) is 0 Å². The molecule has 0 aromatic rings. The molecule has 0 aromatic carbocycles. The average Bonchev–Trinajstić information content (AvgIpc) is 2.47. The van der Waals surface area contributed by atoms with Crippen LogP contribution in [-0.4, -0.2) is 26.3 Å². The van der Waals surface area contributed by atoms with Crippen LogP contribution in [0.25, 0.3) is 0 Å². The highest BCUT2D eigenvalue weighted by Gasteiger charge is 2.12. The predicted molar refractivity (Wildman–Crippen MR) is 83.9 cm³/mol. The molecule has 0 N–H and O–H groups in total. The zero-order valence-electron chi connectivity index (χ0n) is 13.8. The van der Waals surface area contributed by atoms with E-state index in [0.717, 1.165) is 12.8 Å². The van der Waals surface area contributed by atoms with Gasteiger partial charge in [0.05, 0.1) is 19.6 Å². The Hall–Kier alpha value is -0.570. The summed E-state index contributed by atoms with van der Waals surface area (Å²) < 4.78 is 9.97. The number of rotatable bonds is 14. The van der Waals surface area contributed by atoms with Gasteiger partial charge in [-0.25, -0.2) is 0 Å². The van der Waals surface area contributed by atoms with Gasteiger partial charge in [0.25, 0.3) is 0 Å². The molecule has 0 rings (SSSR count). The van der Waals surface area contributed by atoms with E-state index in [9.17, 15) is 4.79 Å². The van der Waals surface area contributed by atoms with E-state index in [1.807, 2.05) is 0 Å². The summed E-state index contributed by atoms with van der Waals surface area (Å²) >= 11 is 0. The van der Waals surface area contributed by atoms with Gasteiger partial charge in [-0.2, -0.15) is 0 Å². The molecule has 0 amide bonds. The third-order valence-electron chi connectivity index (χ3n) is 3.83. The largest absolute Gasteiger partial charge is 0.469 e. The standard InChI is InChI=1S/C17H34O3/c1-4-5-6-7-8-9-10-11-12-13-14-16(19-2)15-17(18)20-3/h16H,4-15H2,1-3H3. The molecule has 1 atom stereocenters. The molecule has 0 heterocycles. The highest BCUT2D eigenvalue weighted by Crippen LogP contribution is 2.14. The zero-order chi connectivity index (χ0) is 15.1. The lowest BCUT2D eigenvalue weighted by Gasteiger charge is -2.13. The Morgan fingerprint density at radius 2 is 1.35 bits per heavy atom. The molecule has 3 nitrogen and oxygen atoms in total. The van der Waals surface area contributed by atoms with Crippen molar-refractivity contribution in [2.75, 3.05) is 14.2 Å². The number of carbonyl (C=O) groups excluding carboxylic acids is 1. The molecular weight excluding hydrogens is 252 g/mol. The van der Waals surface area contributed by atoms with Gasteiger partial charge in [-0.3, -0.25) is 4.79 Å². The maximum absolute atomic E-state index is 11.2. The Labute approximate surface area is 125 Å². The van der Waals surface area contributed by atoms with Crippen molar-refractivity contribution in [2.45, 2.75) is 90.1 Å². The Balaban J connectivity index is 3.31. The number of hydrogen-bond donors (Lipinski definition) is 0. The van der Waals surface area contributed by atoms with Crippen LogP contribution >= 0.6 is 0 Å². The molecule has 0 spiro atoms. The minimum atomic E-state index is -0.177. The van der Waals surface area contributed by atoms with E-state index in [1.54, 1.807) is 7.11 Å². The zero-order valence-corrected chi connectivity index (χ0v) is 13.8. The molecule has 0 aliphatic rings. The Morgan fingerprint density at radius 3 is 1.80 bits per heavy atom. The number of ether oxygens (including phenoxy) is 2. The van der Waals surface area contributed by atoms with Gasteiger partial charge in [0.15, 0.2) is 0 Å². The molecule has 0 aliphatic heterocycles. The van der Waals surface area contributed by atoms with Crippen LogP contribution in [0.2, 0.25) is 0 Å². The van der Waals surface area contributed by atoms with Crippen molar-refractivity contribution in [2.24, 2.45) is 0 Å². The number of hydrogen-bond acceptors (Lipinski definition) is 3. The third kappa shape index (κ3) is 12.5. The molecule has 120 valence electrons. The van der Waals surface area contributed by atoms with Crippen LogP contribution in [0.4, 0.5) is 0 Å². The molecule has 1 unspecified atom stereocenters. The van der Waals surface area contributed by atoms with E-state index < -0.39 is 0 Å². The summed E-state index contributed by atoms with van der Waals surface area (Å²) in [4.78, 5) is 11.2. The molecule has 0 saturated carbocycles. The molecule has 3 heteroatoms. The van der Waals surface area contributed by atoms with Crippen molar-refractivity contribution in [3.63, 3.8) is 0 Å². The van der Waals surface area contributed by atoms with Crippen molar-refractivity contribution >= 4 is 5.97 Å². The molecule has 0 bridgehead atoms. The highest BCUT2D eigenvalue weighted by molar-refractivity contribution is 5.69. The SMILES string of the molecule is CCCCCCCCCCCCC(CC(=O)OC)OC.